The Hall–Kier alpha value is 0.113. The van der Waals surface area contributed by atoms with E-state index in [1.807, 2.05) is 30.3 Å². The van der Waals surface area contributed by atoms with Crippen LogP contribution in [-0.4, -0.2) is 0 Å². The van der Waals surface area contributed by atoms with Crippen molar-refractivity contribution in [1.82, 2.24) is 0 Å². The van der Waals surface area contributed by atoms with Gasteiger partial charge in [0.05, 0.1) is 0 Å². The van der Waals surface area contributed by atoms with Crippen LogP contribution in [0.4, 0.5) is 13.2 Å². The van der Waals surface area contributed by atoms with Gasteiger partial charge in [0.25, 0.3) is 0 Å². The molecule has 0 nitrogen and oxygen atoms in total. The first-order chi connectivity index (χ1) is 4.73. The predicted molar refractivity (Wildman–Crippen MR) is 42.2 cm³/mol. The number of benzene rings is 1. The third kappa shape index (κ3) is 22.5. The zero-order valence-electron chi connectivity index (χ0n) is 6.14. The van der Waals surface area contributed by atoms with Gasteiger partial charge < -0.3 is 13.2 Å². The average molecular weight is 292 g/mol. The van der Waals surface area contributed by atoms with Gasteiger partial charge in [-0.2, -0.15) is 36.4 Å². The van der Waals surface area contributed by atoms with E-state index in [1.165, 1.54) is 0 Å². The Morgan fingerprint density at radius 3 is 1.33 bits per heavy atom. The van der Waals surface area contributed by atoms with E-state index in [9.17, 15) is 13.2 Å². The summed E-state index contributed by atoms with van der Waals surface area (Å²) in [5, 5.41) is 0. The number of halogens is 4. The normalized spacial score (nSPS) is 7.00. The third-order valence-electron chi connectivity index (χ3n) is 0.607. The minimum absolute atomic E-state index is 0. The van der Waals surface area contributed by atoms with Gasteiger partial charge in [-0.1, -0.05) is 0 Å². The maximum absolute atomic E-state index is 9.58. The molecule has 0 bridgehead atoms. The van der Waals surface area contributed by atoms with Crippen molar-refractivity contribution >= 4 is 17.0 Å². The van der Waals surface area contributed by atoms with Crippen LogP contribution < -0.4 is 0 Å². The topological polar surface area (TPSA) is 0 Å². The molecule has 0 heterocycles. The van der Waals surface area contributed by atoms with Crippen LogP contribution in [0.1, 0.15) is 0 Å². The standard InChI is InChI=1S/C6H5.CF3.BrH.Zn/c1-2-4-6-5-3-1;2-1(3)4;;/h1-5H;;1H;/q2*-1;;+2. The van der Waals surface area contributed by atoms with Gasteiger partial charge in [0.2, 0.25) is 0 Å². The van der Waals surface area contributed by atoms with E-state index < -0.39 is 6.68 Å². The van der Waals surface area contributed by atoms with Crippen LogP contribution in [0.3, 0.4) is 0 Å². The van der Waals surface area contributed by atoms with Crippen LogP contribution in [0.5, 0.6) is 0 Å². The van der Waals surface area contributed by atoms with Crippen molar-refractivity contribution in [3.8, 4) is 0 Å². The van der Waals surface area contributed by atoms with Gasteiger partial charge in [-0.25, -0.2) is 0 Å². The van der Waals surface area contributed by atoms with Crippen LogP contribution in [0.2, 0.25) is 0 Å². The third-order valence-corrected chi connectivity index (χ3v) is 0.607. The molecule has 12 heavy (non-hydrogen) atoms. The molecule has 64 valence electrons. The molecule has 5 heteroatoms. The molecule has 0 aliphatic heterocycles. The molecule has 0 radical (unpaired) electrons. The summed E-state index contributed by atoms with van der Waals surface area (Å²) in [6, 6.07) is 12.5. The summed E-state index contributed by atoms with van der Waals surface area (Å²) in [5.74, 6) is 0. The second-order valence-corrected chi connectivity index (χ2v) is 1.29. The molecular formula is C7H6BrF3Zn. The van der Waals surface area contributed by atoms with Gasteiger partial charge in [-0.15, -0.1) is 17.0 Å². The zero-order valence-corrected chi connectivity index (χ0v) is 10.8. The van der Waals surface area contributed by atoms with E-state index in [1.54, 1.807) is 0 Å². The molecular weight excluding hydrogens is 286 g/mol. The van der Waals surface area contributed by atoms with Crippen molar-refractivity contribution < 1.29 is 32.6 Å². The van der Waals surface area contributed by atoms with E-state index in [4.69, 9.17) is 0 Å². The summed E-state index contributed by atoms with van der Waals surface area (Å²) in [4.78, 5) is 0. The van der Waals surface area contributed by atoms with E-state index in [2.05, 4.69) is 6.07 Å². The second-order valence-electron chi connectivity index (χ2n) is 1.29. The monoisotopic (exact) mass is 290 g/mol. The fraction of sp³-hybridized carbons (Fsp3) is 0. The van der Waals surface area contributed by atoms with E-state index in [0.29, 0.717) is 0 Å². The molecule has 0 spiro atoms. The average Bonchev–Trinajstić information content (AvgIpc) is 1.90. The molecule has 1 aromatic carbocycles. The summed E-state index contributed by atoms with van der Waals surface area (Å²) in [5.41, 5.74) is 0. The quantitative estimate of drug-likeness (QED) is 0.508. The summed E-state index contributed by atoms with van der Waals surface area (Å²) < 4.78 is 28.8. The molecule has 0 saturated carbocycles. The molecule has 0 fully saturated rings. The van der Waals surface area contributed by atoms with E-state index in [0.717, 1.165) is 0 Å². The van der Waals surface area contributed by atoms with Gasteiger partial charge in [0.15, 0.2) is 6.68 Å². The largest absolute Gasteiger partial charge is 2.00 e. The Morgan fingerprint density at radius 1 is 0.917 bits per heavy atom. The van der Waals surface area contributed by atoms with E-state index in [-0.39, 0.29) is 36.5 Å². The zero-order chi connectivity index (χ0) is 7.82. The number of hydrogen-bond donors (Lipinski definition) is 0. The number of rotatable bonds is 0. The van der Waals surface area contributed by atoms with Gasteiger partial charge >= 0.3 is 19.5 Å². The van der Waals surface area contributed by atoms with Gasteiger partial charge in [0.1, 0.15) is 0 Å². The summed E-state index contributed by atoms with van der Waals surface area (Å²) >= 11 is 0. The first kappa shape index (κ1) is 18.0. The van der Waals surface area contributed by atoms with Crippen LogP contribution in [0.15, 0.2) is 30.3 Å². The Morgan fingerprint density at radius 2 is 1.25 bits per heavy atom. The molecule has 1 aromatic rings. The summed E-state index contributed by atoms with van der Waals surface area (Å²) in [6.45, 7) is -3.08. The van der Waals surface area contributed by atoms with E-state index >= 15 is 0 Å². The van der Waals surface area contributed by atoms with Crippen LogP contribution in [-0.2, 0) is 19.5 Å². The fourth-order valence-electron chi connectivity index (χ4n) is 0.342. The minimum Gasteiger partial charge on any atom is -0.385 e. The van der Waals surface area contributed by atoms with Gasteiger partial charge in [-0.05, 0) is 0 Å². The van der Waals surface area contributed by atoms with Crippen molar-refractivity contribution in [1.29, 1.82) is 0 Å². The Balaban J connectivity index is -0.000000124. The fourth-order valence-corrected chi connectivity index (χ4v) is 0.342. The molecule has 0 amide bonds. The molecule has 0 N–H and O–H groups in total. The van der Waals surface area contributed by atoms with Crippen molar-refractivity contribution in [2.24, 2.45) is 0 Å². The van der Waals surface area contributed by atoms with Crippen LogP contribution in [0.25, 0.3) is 0 Å². The smallest absolute Gasteiger partial charge is 0.385 e. The maximum Gasteiger partial charge on any atom is 2.00 e. The Bertz CT molecular complexity index is 119. The molecule has 0 aliphatic carbocycles. The van der Waals surface area contributed by atoms with Crippen molar-refractivity contribution in [3.63, 3.8) is 0 Å². The number of hydrogen-bond acceptors (Lipinski definition) is 0. The molecule has 0 aromatic heterocycles. The molecule has 0 atom stereocenters. The molecule has 1 rings (SSSR count). The first-order valence-corrected chi connectivity index (χ1v) is 2.48. The molecule has 0 unspecified atom stereocenters. The Labute approximate surface area is 92.7 Å². The van der Waals surface area contributed by atoms with Crippen molar-refractivity contribution in [2.45, 2.75) is 0 Å². The Kier molecular flexibility index (Phi) is 20.5. The molecule has 0 aliphatic rings. The van der Waals surface area contributed by atoms with Gasteiger partial charge in [-0.3, -0.25) is 0 Å². The SMILES string of the molecule is Br.F[C-](F)F.[Zn+2].[c-]1ccccc1. The van der Waals surface area contributed by atoms with Crippen molar-refractivity contribution in [3.05, 3.63) is 43.1 Å². The van der Waals surface area contributed by atoms with Crippen LogP contribution in [0, 0.1) is 12.7 Å². The van der Waals surface area contributed by atoms with Crippen molar-refractivity contribution in [2.75, 3.05) is 0 Å². The minimum atomic E-state index is -3.08. The predicted octanol–water partition coefficient (Wildman–Crippen LogP) is 3.40. The second kappa shape index (κ2) is 13.7. The summed E-state index contributed by atoms with van der Waals surface area (Å²) in [6.07, 6.45) is 0. The summed E-state index contributed by atoms with van der Waals surface area (Å²) in [7, 11) is 0. The van der Waals surface area contributed by atoms with Crippen LogP contribution >= 0.6 is 17.0 Å². The molecule has 0 saturated heterocycles. The van der Waals surface area contributed by atoms with Gasteiger partial charge in [0, 0.05) is 0 Å². The first-order valence-electron chi connectivity index (χ1n) is 2.48. The maximum atomic E-state index is 9.58.